The summed E-state index contributed by atoms with van der Waals surface area (Å²) in [6.07, 6.45) is 4.43. The second-order valence-electron chi connectivity index (χ2n) is 6.46. The number of aryl methyl sites for hydroxylation is 1. The molecule has 2 aliphatic rings. The highest BCUT2D eigenvalue weighted by Crippen LogP contribution is 2.30. The molecule has 0 unspecified atom stereocenters. The van der Waals surface area contributed by atoms with E-state index in [2.05, 4.69) is 4.90 Å². The number of carbonyl (C=O) groups is 1. The molecular formula is C15H24N4O3S. The second-order valence-corrected chi connectivity index (χ2v) is 8.35. The van der Waals surface area contributed by atoms with Crippen LogP contribution in [0.3, 0.4) is 0 Å². The molecule has 128 valence electrons. The number of primary amides is 1. The van der Waals surface area contributed by atoms with Crippen LogP contribution in [0.25, 0.3) is 0 Å². The Kier molecular flexibility index (Phi) is 4.24. The van der Waals surface area contributed by atoms with E-state index >= 15 is 0 Å². The number of hydrogen-bond donors (Lipinski definition) is 1. The molecule has 8 heteroatoms. The first kappa shape index (κ1) is 16.5. The Bertz CT molecular complexity index is 712. The molecule has 2 fully saturated rings. The van der Waals surface area contributed by atoms with Crippen LogP contribution in [0.4, 0.5) is 0 Å². The summed E-state index contributed by atoms with van der Waals surface area (Å²) in [5, 5.41) is 0. The van der Waals surface area contributed by atoms with Crippen molar-refractivity contribution in [3.63, 3.8) is 0 Å². The monoisotopic (exact) mass is 340 g/mol. The maximum absolute atomic E-state index is 13.1. The minimum atomic E-state index is -3.62. The average Bonchev–Trinajstić information content (AvgIpc) is 3.11. The van der Waals surface area contributed by atoms with E-state index in [1.807, 2.05) is 6.92 Å². The van der Waals surface area contributed by atoms with Gasteiger partial charge in [0, 0.05) is 38.4 Å². The van der Waals surface area contributed by atoms with Crippen molar-refractivity contribution in [2.45, 2.75) is 43.2 Å². The summed E-state index contributed by atoms with van der Waals surface area (Å²) in [6, 6.07) is 1.67. The molecule has 3 rings (SSSR count). The molecule has 1 amide bonds. The average molecular weight is 340 g/mol. The highest BCUT2D eigenvalue weighted by Gasteiger charge is 2.41. The molecule has 0 bridgehead atoms. The van der Waals surface area contributed by atoms with Gasteiger partial charge in [-0.25, -0.2) is 8.42 Å². The van der Waals surface area contributed by atoms with Gasteiger partial charge in [0.2, 0.25) is 10.0 Å². The van der Waals surface area contributed by atoms with Crippen molar-refractivity contribution in [3.8, 4) is 0 Å². The highest BCUT2D eigenvalue weighted by atomic mass is 32.2. The third kappa shape index (κ3) is 2.79. The molecule has 0 aromatic carbocycles. The smallest absolute Gasteiger partial charge is 0.265 e. The summed E-state index contributed by atoms with van der Waals surface area (Å²) in [6.45, 7) is 4.40. The fourth-order valence-corrected chi connectivity index (χ4v) is 5.54. The predicted molar refractivity (Wildman–Crippen MR) is 86.5 cm³/mol. The van der Waals surface area contributed by atoms with E-state index in [4.69, 9.17) is 5.73 Å². The minimum absolute atomic E-state index is 0.0217. The molecule has 0 radical (unpaired) electrons. The molecule has 3 heterocycles. The molecule has 0 spiro atoms. The lowest BCUT2D eigenvalue weighted by molar-refractivity contribution is 0.0992. The lowest BCUT2D eigenvalue weighted by atomic mass is 10.1. The summed E-state index contributed by atoms with van der Waals surface area (Å²) in [7, 11) is -1.99. The number of piperazine rings is 1. The van der Waals surface area contributed by atoms with Crippen LogP contribution in [0.15, 0.2) is 17.2 Å². The van der Waals surface area contributed by atoms with Crippen molar-refractivity contribution in [2.75, 3.05) is 19.6 Å². The molecule has 2 aliphatic heterocycles. The van der Waals surface area contributed by atoms with E-state index < -0.39 is 15.9 Å². The Hall–Kier alpha value is -1.38. The van der Waals surface area contributed by atoms with Crippen LogP contribution >= 0.6 is 0 Å². The topological polar surface area (TPSA) is 88.6 Å². The third-order valence-electron chi connectivity index (χ3n) is 5.05. The van der Waals surface area contributed by atoms with E-state index in [-0.39, 0.29) is 16.6 Å². The number of nitrogens with zero attached hydrogens (tertiary/aromatic N) is 3. The maximum Gasteiger partial charge on any atom is 0.265 e. The number of amides is 1. The van der Waals surface area contributed by atoms with E-state index in [9.17, 15) is 13.2 Å². The Morgan fingerprint density at radius 3 is 2.74 bits per heavy atom. The molecule has 23 heavy (non-hydrogen) atoms. The van der Waals surface area contributed by atoms with Crippen LogP contribution in [-0.2, 0) is 17.1 Å². The van der Waals surface area contributed by atoms with E-state index in [1.54, 1.807) is 11.4 Å². The first-order chi connectivity index (χ1) is 10.8. The van der Waals surface area contributed by atoms with Gasteiger partial charge in [-0.05, 0) is 31.9 Å². The van der Waals surface area contributed by atoms with Crippen molar-refractivity contribution in [3.05, 3.63) is 18.0 Å². The van der Waals surface area contributed by atoms with Crippen molar-refractivity contribution in [1.29, 1.82) is 0 Å². The number of fused-ring (bicyclic) bond motifs is 1. The van der Waals surface area contributed by atoms with Gasteiger partial charge in [0.15, 0.2) is 0 Å². The zero-order valence-corrected chi connectivity index (χ0v) is 14.4. The largest absolute Gasteiger partial charge is 0.364 e. The number of carbonyl (C=O) groups excluding carboxylic acids is 1. The molecule has 2 atom stereocenters. The standard InChI is InChI=1S/C15H24N4O3S/c1-3-11-8-18-6-4-5-12(18)9-19(11)23(21,22)13-7-14(15(16)20)17(2)10-13/h7,10-12H,3-6,8-9H2,1-2H3,(H2,16,20)/t11-,12+/m0/s1. The Morgan fingerprint density at radius 1 is 1.39 bits per heavy atom. The number of rotatable bonds is 4. The fraction of sp³-hybridized carbons (Fsp3) is 0.667. The molecule has 2 saturated heterocycles. The van der Waals surface area contributed by atoms with Crippen molar-refractivity contribution >= 4 is 15.9 Å². The lowest BCUT2D eigenvalue weighted by Gasteiger charge is -2.42. The van der Waals surface area contributed by atoms with Crippen molar-refractivity contribution < 1.29 is 13.2 Å². The first-order valence-electron chi connectivity index (χ1n) is 8.06. The van der Waals surface area contributed by atoms with E-state index in [0.717, 1.165) is 32.4 Å². The van der Waals surface area contributed by atoms with Gasteiger partial charge in [-0.2, -0.15) is 4.31 Å². The summed E-state index contributed by atoms with van der Waals surface area (Å²) in [4.78, 5) is 13.9. The van der Waals surface area contributed by atoms with Gasteiger partial charge in [-0.1, -0.05) is 6.92 Å². The summed E-state index contributed by atoms with van der Waals surface area (Å²) < 4.78 is 29.2. The van der Waals surface area contributed by atoms with Gasteiger partial charge < -0.3 is 10.3 Å². The zero-order valence-electron chi connectivity index (χ0n) is 13.6. The van der Waals surface area contributed by atoms with Crippen molar-refractivity contribution in [2.24, 2.45) is 12.8 Å². The first-order valence-corrected chi connectivity index (χ1v) is 9.50. The van der Waals surface area contributed by atoms with Gasteiger partial charge in [0.05, 0.1) is 0 Å². The van der Waals surface area contributed by atoms with Gasteiger partial charge in [-0.3, -0.25) is 9.69 Å². The molecule has 0 saturated carbocycles. The Balaban J connectivity index is 1.94. The van der Waals surface area contributed by atoms with Crippen LogP contribution in [0.2, 0.25) is 0 Å². The molecule has 0 aliphatic carbocycles. The second kappa shape index (κ2) is 5.92. The van der Waals surface area contributed by atoms with Gasteiger partial charge >= 0.3 is 0 Å². The normalized spacial score (nSPS) is 26.3. The molecule has 2 N–H and O–H groups in total. The van der Waals surface area contributed by atoms with Gasteiger partial charge in [0.25, 0.3) is 5.91 Å². The number of nitrogens with two attached hydrogens (primary N) is 1. The van der Waals surface area contributed by atoms with Gasteiger partial charge in [-0.15, -0.1) is 0 Å². The molecular weight excluding hydrogens is 316 g/mol. The number of aromatic nitrogens is 1. The zero-order chi connectivity index (χ0) is 16.8. The molecule has 1 aromatic rings. The summed E-state index contributed by atoms with van der Waals surface area (Å²) in [5.41, 5.74) is 5.50. The van der Waals surface area contributed by atoms with E-state index in [1.165, 1.54) is 16.8 Å². The van der Waals surface area contributed by atoms with Crippen molar-refractivity contribution in [1.82, 2.24) is 13.8 Å². The Labute approximate surface area is 137 Å². The summed E-state index contributed by atoms with van der Waals surface area (Å²) >= 11 is 0. The number of hydrogen-bond acceptors (Lipinski definition) is 4. The van der Waals surface area contributed by atoms with Crippen LogP contribution in [0, 0.1) is 0 Å². The lowest BCUT2D eigenvalue weighted by Crippen LogP contribution is -2.57. The van der Waals surface area contributed by atoms with Crippen LogP contribution in [-0.4, -0.2) is 59.8 Å². The maximum atomic E-state index is 13.1. The fourth-order valence-electron chi connectivity index (χ4n) is 3.74. The summed E-state index contributed by atoms with van der Waals surface area (Å²) in [5.74, 6) is -0.624. The van der Waals surface area contributed by atoms with E-state index in [0.29, 0.717) is 12.6 Å². The SMILES string of the molecule is CC[C@H]1CN2CCC[C@@H]2CN1S(=O)(=O)c1cc(C(N)=O)n(C)c1. The minimum Gasteiger partial charge on any atom is -0.364 e. The quantitative estimate of drug-likeness (QED) is 0.858. The number of sulfonamides is 1. The Morgan fingerprint density at radius 2 is 2.13 bits per heavy atom. The predicted octanol–water partition coefficient (Wildman–Crippen LogP) is 0.371. The molecule has 7 nitrogen and oxygen atoms in total. The highest BCUT2D eigenvalue weighted by molar-refractivity contribution is 7.89. The van der Waals surface area contributed by atoms with Gasteiger partial charge in [0.1, 0.15) is 10.6 Å². The third-order valence-corrected chi connectivity index (χ3v) is 6.94. The molecule has 1 aromatic heterocycles. The van der Waals surface area contributed by atoms with Crippen LogP contribution < -0.4 is 5.73 Å². The van der Waals surface area contributed by atoms with Crippen LogP contribution in [0.5, 0.6) is 0 Å². The van der Waals surface area contributed by atoms with Crippen LogP contribution in [0.1, 0.15) is 36.7 Å².